The second-order valence-corrected chi connectivity index (χ2v) is 9.79. The number of benzene rings is 1. The number of piperazine rings is 1. The highest BCUT2D eigenvalue weighted by Gasteiger charge is 2.18. The Morgan fingerprint density at radius 3 is 2.69 bits per heavy atom. The van der Waals surface area contributed by atoms with Crippen LogP contribution in [0.2, 0.25) is 0 Å². The second kappa shape index (κ2) is 12.7. The van der Waals surface area contributed by atoms with E-state index in [1.807, 2.05) is 43.7 Å². The van der Waals surface area contributed by atoms with Gasteiger partial charge >= 0.3 is 0 Å². The number of ether oxygens (including phenoxy) is 1. The number of rotatable bonds is 7. The van der Waals surface area contributed by atoms with E-state index in [0.717, 1.165) is 61.2 Å². The van der Waals surface area contributed by atoms with Gasteiger partial charge in [0.1, 0.15) is 18.2 Å². The number of hydrogen-bond acceptors (Lipinski definition) is 8. The highest BCUT2D eigenvalue weighted by Crippen LogP contribution is 2.27. The van der Waals surface area contributed by atoms with Gasteiger partial charge in [0.25, 0.3) is 5.56 Å². The number of aryl methyl sites for hydroxylation is 1. The quantitative estimate of drug-likeness (QED) is 0.284. The molecule has 1 aromatic carbocycles. The maximum absolute atomic E-state index is 12.4. The van der Waals surface area contributed by atoms with Crippen LogP contribution in [0.3, 0.4) is 0 Å². The molecule has 39 heavy (non-hydrogen) atoms. The maximum atomic E-state index is 12.4. The molecule has 1 N–H and O–H groups in total. The smallest absolute Gasteiger partial charge is 0.259 e. The van der Waals surface area contributed by atoms with Gasteiger partial charge < -0.3 is 19.5 Å². The van der Waals surface area contributed by atoms with E-state index in [2.05, 4.69) is 38.0 Å². The van der Waals surface area contributed by atoms with Crippen molar-refractivity contribution in [2.75, 3.05) is 51.3 Å². The van der Waals surface area contributed by atoms with Crippen molar-refractivity contribution < 1.29 is 9.53 Å². The number of carbonyl (C=O) groups is 1. The Labute approximate surface area is 227 Å². The van der Waals surface area contributed by atoms with Crippen LogP contribution in [0.15, 0.2) is 41.5 Å². The molecule has 10 heteroatoms. The molecule has 0 aliphatic carbocycles. The molecule has 4 heterocycles. The Morgan fingerprint density at radius 2 is 2.00 bits per heavy atom. The van der Waals surface area contributed by atoms with E-state index in [0.29, 0.717) is 35.2 Å². The Morgan fingerprint density at radius 1 is 1.23 bits per heavy atom. The van der Waals surface area contributed by atoms with Crippen molar-refractivity contribution in [1.82, 2.24) is 24.6 Å². The third-order valence-corrected chi connectivity index (χ3v) is 7.09. The summed E-state index contributed by atoms with van der Waals surface area (Å²) in [6, 6.07) is 9.55. The minimum atomic E-state index is -0.168. The zero-order chi connectivity index (χ0) is 27.9. The lowest BCUT2D eigenvalue weighted by atomic mass is 10.0. The number of aromatic nitrogens is 4. The highest BCUT2D eigenvalue weighted by atomic mass is 16.5. The van der Waals surface area contributed by atoms with Crippen molar-refractivity contribution in [1.29, 1.82) is 5.26 Å². The number of aromatic amines is 1. The van der Waals surface area contributed by atoms with E-state index in [4.69, 9.17) is 10.00 Å². The van der Waals surface area contributed by atoms with E-state index >= 15 is 0 Å². The monoisotopic (exact) mass is 529 g/mol. The van der Waals surface area contributed by atoms with Crippen molar-refractivity contribution in [3.05, 3.63) is 63.7 Å². The number of H-pyrrole nitrogens is 1. The molecule has 0 bridgehead atoms. The van der Waals surface area contributed by atoms with Crippen molar-refractivity contribution in [3.8, 4) is 6.07 Å². The number of nitriles is 1. The van der Waals surface area contributed by atoms with Crippen LogP contribution in [0, 0.1) is 18.3 Å². The van der Waals surface area contributed by atoms with E-state index < -0.39 is 0 Å². The van der Waals surface area contributed by atoms with Gasteiger partial charge in [-0.15, -0.1) is 0 Å². The summed E-state index contributed by atoms with van der Waals surface area (Å²) in [6.07, 6.45) is 4.97. The molecule has 3 aromatic heterocycles. The largest absolute Gasteiger partial charge is 0.382 e. The lowest BCUT2D eigenvalue weighted by Crippen LogP contribution is -2.45. The standard InChI is InChI=1S/C18H21N3O3.C11H14N4/c1-4-24-6-5-12(3)21-17-14-8-13(10-22)11(2)7-16(14)20-18(23)15(17)9-19-21;1-14-5-7-15(8-6-14)11-10(9-12)3-2-4-13-11/h7-10,12H,4-6H2,1-3H3,(H,20,23);2-4H,5-8H2,1H3. The van der Waals surface area contributed by atoms with Crippen LogP contribution in [0.4, 0.5) is 5.82 Å². The Balaban J connectivity index is 0.000000202. The predicted octanol–water partition coefficient (Wildman–Crippen LogP) is 3.69. The third kappa shape index (κ3) is 6.16. The molecule has 1 saturated heterocycles. The lowest BCUT2D eigenvalue weighted by Gasteiger charge is -2.33. The molecule has 1 atom stereocenters. The number of anilines is 1. The highest BCUT2D eigenvalue weighted by molar-refractivity contribution is 6.05. The second-order valence-electron chi connectivity index (χ2n) is 9.79. The first kappa shape index (κ1) is 28.0. The fraction of sp³-hybridized carbons (Fsp3) is 0.414. The van der Waals surface area contributed by atoms with Gasteiger partial charge in [-0.3, -0.25) is 14.3 Å². The van der Waals surface area contributed by atoms with Gasteiger partial charge in [0.2, 0.25) is 0 Å². The first-order chi connectivity index (χ1) is 18.9. The summed E-state index contributed by atoms with van der Waals surface area (Å²) in [4.78, 5) is 35.3. The Hall–Kier alpha value is -4.07. The van der Waals surface area contributed by atoms with Crippen LogP contribution in [-0.4, -0.2) is 77.4 Å². The van der Waals surface area contributed by atoms with Gasteiger partial charge in [-0.25, -0.2) is 4.98 Å². The maximum Gasteiger partial charge on any atom is 0.259 e. The van der Waals surface area contributed by atoms with Crippen molar-refractivity contribution in [2.24, 2.45) is 0 Å². The molecule has 0 amide bonds. The summed E-state index contributed by atoms with van der Waals surface area (Å²) >= 11 is 0. The number of carbonyl (C=O) groups excluding carboxylic acids is 1. The van der Waals surface area contributed by atoms with Gasteiger partial charge in [-0.05, 0) is 64.1 Å². The summed E-state index contributed by atoms with van der Waals surface area (Å²) < 4.78 is 7.28. The van der Waals surface area contributed by atoms with E-state index in [-0.39, 0.29) is 11.6 Å². The first-order valence-corrected chi connectivity index (χ1v) is 13.2. The molecule has 204 valence electrons. The summed E-state index contributed by atoms with van der Waals surface area (Å²) in [5.41, 5.74) is 3.43. The SMILES string of the molecule is CCOCCC(C)n1ncc2c(=O)[nH]c3cc(C)c(C=O)cc3c21.CN1CCN(c2ncccc2C#N)CC1. The average molecular weight is 530 g/mol. The fourth-order valence-electron chi connectivity index (χ4n) is 4.75. The van der Waals surface area contributed by atoms with Crippen LogP contribution in [-0.2, 0) is 4.74 Å². The molecule has 5 rings (SSSR count). The number of nitrogens with one attached hydrogen (secondary N) is 1. The summed E-state index contributed by atoms with van der Waals surface area (Å²) in [5, 5.41) is 14.8. The van der Waals surface area contributed by atoms with E-state index in [1.54, 1.807) is 18.5 Å². The molecule has 0 radical (unpaired) electrons. The van der Waals surface area contributed by atoms with Gasteiger partial charge in [0.15, 0.2) is 0 Å². The molecule has 4 aromatic rings. The van der Waals surface area contributed by atoms with Crippen LogP contribution < -0.4 is 10.5 Å². The van der Waals surface area contributed by atoms with E-state index in [9.17, 15) is 9.59 Å². The molecular weight excluding hydrogens is 494 g/mol. The number of pyridine rings is 2. The fourth-order valence-corrected chi connectivity index (χ4v) is 4.75. The zero-order valence-electron chi connectivity index (χ0n) is 23.0. The molecule has 10 nitrogen and oxygen atoms in total. The number of aldehydes is 1. The third-order valence-electron chi connectivity index (χ3n) is 7.09. The van der Waals surface area contributed by atoms with Crippen LogP contribution >= 0.6 is 0 Å². The first-order valence-electron chi connectivity index (χ1n) is 13.2. The topological polar surface area (TPSA) is 120 Å². The van der Waals surface area contributed by atoms with Crippen LogP contribution in [0.5, 0.6) is 0 Å². The zero-order valence-corrected chi connectivity index (χ0v) is 23.0. The summed E-state index contributed by atoms with van der Waals surface area (Å²) in [7, 11) is 2.11. The molecule has 0 saturated carbocycles. The van der Waals surface area contributed by atoms with Crippen molar-refractivity contribution in [3.63, 3.8) is 0 Å². The van der Waals surface area contributed by atoms with Gasteiger partial charge in [-0.1, -0.05) is 0 Å². The van der Waals surface area contributed by atoms with Crippen LogP contribution in [0.1, 0.15) is 47.8 Å². The number of fused-ring (bicyclic) bond motifs is 3. The Kier molecular flexibility index (Phi) is 9.07. The predicted molar refractivity (Wildman–Crippen MR) is 152 cm³/mol. The lowest BCUT2D eigenvalue weighted by molar-refractivity contribution is 0.112. The number of hydrogen-bond donors (Lipinski definition) is 1. The minimum Gasteiger partial charge on any atom is -0.382 e. The minimum absolute atomic E-state index is 0.0834. The average Bonchev–Trinajstić information content (AvgIpc) is 3.40. The number of nitrogens with zero attached hydrogens (tertiary/aromatic N) is 6. The normalized spacial score (nSPS) is 14.6. The summed E-state index contributed by atoms with van der Waals surface area (Å²) in [6.45, 7) is 11.1. The summed E-state index contributed by atoms with van der Waals surface area (Å²) in [5.74, 6) is 0.827. The van der Waals surface area contributed by atoms with Gasteiger partial charge in [-0.2, -0.15) is 10.4 Å². The van der Waals surface area contributed by atoms with Crippen LogP contribution in [0.25, 0.3) is 21.8 Å². The van der Waals surface area contributed by atoms with Crippen molar-refractivity contribution >= 4 is 33.9 Å². The Bertz CT molecular complexity index is 1540. The van der Waals surface area contributed by atoms with Gasteiger partial charge in [0.05, 0.1) is 34.2 Å². The molecule has 1 unspecified atom stereocenters. The van der Waals surface area contributed by atoms with Crippen molar-refractivity contribution in [2.45, 2.75) is 33.2 Å². The molecular formula is C29H35N7O3. The van der Waals surface area contributed by atoms with E-state index in [1.165, 1.54) is 0 Å². The molecule has 0 spiro atoms. The van der Waals surface area contributed by atoms with Gasteiger partial charge in [0, 0.05) is 56.5 Å². The molecule has 1 aliphatic heterocycles. The molecule has 1 aliphatic rings. The molecule has 1 fully saturated rings. The number of likely N-dealkylation sites (N-methyl/N-ethyl adjacent to an activating group) is 1.